The molecule has 1 aromatic heterocycles. The van der Waals surface area contributed by atoms with Gasteiger partial charge in [0.25, 0.3) is 0 Å². The molecule has 5 heteroatoms. The molecule has 0 bridgehead atoms. The molecule has 2 rings (SSSR count). The van der Waals surface area contributed by atoms with E-state index in [0.29, 0.717) is 5.82 Å². The second-order valence-electron chi connectivity index (χ2n) is 3.10. The first-order valence-electron chi connectivity index (χ1n) is 4.45. The highest BCUT2D eigenvalue weighted by Gasteiger charge is 2.07. The van der Waals surface area contributed by atoms with Gasteiger partial charge in [-0.1, -0.05) is 30.3 Å². The average Bonchev–Trinajstić information content (AvgIpc) is 2.62. The van der Waals surface area contributed by atoms with Crippen molar-refractivity contribution in [2.24, 2.45) is 12.2 Å². The van der Waals surface area contributed by atoms with Gasteiger partial charge in [0, 0.05) is 23.7 Å². The van der Waals surface area contributed by atoms with Crippen LogP contribution in [0.4, 0.5) is 5.82 Å². The second-order valence-corrected chi connectivity index (χ2v) is 3.10. The molecule has 74 valence electrons. The van der Waals surface area contributed by atoms with Crippen LogP contribution in [0.2, 0.25) is 0 Å². The molecule has 1 heterocycles. The van der Waals surface area contributed by atoms with E-state index in [1.165, 1.54) is 0 Å². The van der Waals surface area contributed by atoms with Crippen molar-refractivity contribution in [2.45, 2.75) is 0 Å². The van der Waals surface area contributed by atoms with Crippen LogP contribution >= 0.6 is 0 Å². The van der Waals surface area contributed by atoms with Gasteiger partial charge in [0.15, 0.2) is 5.82 Å². The molecule has 0 saturated heterocycles. The van der Waals surface area contributed by atoms with Gasteiger partial charge in [-0.3, -0.25) is 4.68 Å². The quantitative estimate of drug-likeness (QED) is 0.416. The molecule has 0 aliphatic rings. The SMILES string of the molecule is Cn1cc(-c2ccccc2)c(N=[N+]=[N-])n1. The molecule has 1 aromatic carbocycles. The topological polar surface area (TPSA) is 66.6 Å². The summed E-state index contributed by atoms with van der Waals surface area (Å²) < 4.78 is 1.63. The first-order valence-corrected chi connectivity index (χ1v) is 4.45. The van der Waals surface area contributed by atoms with Crippen molar-refractivity contribution in [2.75, 3.05) is 0 Å². The molecule has 0 unspecified atom stereocenters. The minimum atomic E-state index is 0.409. The fourth-order valence-corrected chi connectivity index (χ4v) is 1.41. The lowest BCUT2D eigenvalue weighted by Gasteiger charge is -1.96. The summed E-state index contributed by atoms with van der Waals surface area (Å²) in [7, 11) is 1.79. The van der Waals surface area contributed by atoms with E-state index in [-0.39, 0.29) is 0 Å². The van der Waals surface area contributed by atoms with Gasteiger partial charge < -0.3 is 0 Å². The van der Waals surface area contributed by atoms with Crippen LogP contribution in [0.1, 0.15) is 0 Å². The van der Waals surface area contributed by atoms with Gasteiger partial charge in [-0.15, -0.1) is 0 Å². The monoisotopic (exact) mass is 199 g/mol. The van der Waals surface area contributed by atoms with E-state index < -0.39 is 0 Å². The van der Waals surface area contributed by atoms with Gasteiger partial charge >= 0.3 is 0 Å². The third-order valence-electron chi connectivity index (χ3n) is 2.03. The predicted molar refractivity (Wildman–Crippen MR) is 57.5 cm³/mol. The van der Waals surface area contributed by atoms with E-state index in [4.69, 9.17) is 5.53 Å². The van der Waals surface area contributed by atoms with Gasteiger partial charge in [-0.25, -0.2) is 0 Å². The Morgan fingerprint density at radius 1 is 1.33 bits per heavy atom. The Morgan fingerprint density at radius 2 is 2.07 bits per heavy atom. The maximum atomic E-state index is 8.41. The number of rotatable bonds is 2. The van der Waals surface area contributed by atoms with Gasteiger partial charge in [0.1, 0.15) is 0 Å². The van der Waals surface area contributed by atoms with Crippen LogP contribution in [-0.2, 0) is 7.05 Å². The Hall–Kier alpha value is -2.26. The first-order chi connectivity index (χ1) is 7.31. The third kappa shape index (κ3) is 1.82. The van der Waals surface area contributed by atoms with Crippen molar-refractivity contribution in [1.29, 1.82) is 0 Å². The summed E-state index contributed by atoms with van der Waals surface area (Å²) in [6.07, 6.45) is 1.83. The maximum absolute atomic E-state index is 8.41. The fraction of sp³-hybridized carbons (Fsp3) is 0.100. The highest BCUT2D eigenvalue weighted by atomic mass is 15.3. The summed E-state index contributed by atoms with van der Waals surface area (Å²) in [5.74, 6) is 0.409. The lowest BCUT2D eigenvalue weighted by atomic mass is 10.1. The molecule has 15 heavy (non-hydrogen) atoms. The van der Waals surface area contributed by atoms with E-state index in [0.717, 1.165) is 11.1 Å². The van der Waals surface area contributed by atoms with Gasteiger partial charge in [-0.05, 0) is 16.2 Å². The third-order valence-corrected chi connectivity index (χ3v) is 2.03. The van der Waals surface area contributed by atoms with Gasteiger partial charge in [0.05, 0.1) is 0 Å². The molecule has 0 aliphatic carbocycles. The van der Waals surface area contributed by atoms with Crippen LogP contribution in [0.25, 0.3) is 21.6 Å². The number of hydrogen-bond acceptors (Lipinski definition) is 2. The zero-order chi connectivity index (χ0) is 10.7. The molecule has 0 atom stereocenters. The fourth-order valence-electron chi connectivity index (χ4n) is 1.41. The average molecular weight is 199 g/mol. The number of aromatic nitrogens is 2. The highest BCUT2D eigenvalue weighted by Crippen LogP contribution is 2.28. The first kappa shape index (κ1) is 9.30. The molecule has 5 nitrogen and oxygen atoms in total. The lowest BCUT2D eigenvalue weighted by Crippen LogP contribution is -1.84. The zero-order valence-corrected chi connectivity index (χ0v) is 8.20. The standard InChI is InChI=1S/C10H9N5/c1-15-7-9(10(13-15)12-14-11)8-5-3-2-4-6-8/h2-7H,1H3. The summed E-state index contributed by atoms with van der Waals surface area (Å²) in [6, 6.07) is 9.71. The van der Waals surface area contributed by atoms with Gasteiger partial charge in [-0.2, -0.15) is 5.10 Å². The summed E-state index contributed by atoms with van der Waals surface area (Å²) in [5.41, 5.74) is 10.2. The molecule has 0 aliphatic heterocycles. The summed E-state index contributed by atoms with van der Waals surface area (Å²) >= 11 is 0. The van der Waals surface area contributed by atoms with Crippen molar-refractivity contribution in [3.63, 3.8) is 0 Å². The Morgan fingerprint density at radius 3 is 2.73 bits per heavy atom. The Kier molecular flexibility index (Phi) is 2.39. The summed E-state index contributed by atoms with van der Waals surface area (Å²) in [6.45, 7) is 0. The molecular formula is C10H9N5. The van der Waals surface area contributed by atoms with Crippen molar-refractivity contribution >= 4 is 5.82 Å². The smallest absolute Gasteiger partial charge is 0.156 e. The maximum Gasteiger partial charge on any atom is 0.156 e. The molecule has 0 saturated carbocycles. The summed E-state index contributed by atoms with van der Waals surface area (Å²) in [4.78, 5) is 2.75. The molecular weight excluding hydrogens is 190 g/mol. The molecule has 0 radical (unpaired) electrons. The Labute approximate surface area is 86.6 Å². The number of hydrogen-bond donors (Lipinski definition) is 0. The normalized spacial score (nSPS) is 9.67. The minimum absolute atomic E-state index is 0.409. The van der Waals surface area contributed by atoms with Crippen molar-refractivity contribution in [3.8, 4) is 11.1 Å². The van der Waals surface area contributed by atoms with Crippen LogP contribution in [-0.4, -0.2) is 9.78 Å². The van der Waals surface area contributed by atoms with E-state index in [1.807, 2.05) is 36.5 Å². The molecule has 0 spiro atoms. The van der Waals surface area contributed by atoms with E-state index in [9.17, 15) is 0 Å². The summed E-state index contributed by atoms with van der Waals surface area (Å²) in [5, 5.41) is 7.63. The van der Waals surface area contributed by atoms with Gasteiger partial charge in [0.2, 0.25) is 0 Å². The van der Waals surface area contributed by atoms with E-state index >= 15 is 0 Å². The zero-order valence-electron chi connectivity index (χ0n) is 8.20. The van der Waals surface area contributed by atoms with Crippen LogP contribution in [0.5, 0.6) is 0 Å². The molecule has 2 aromatic rings. The number of aryl methyl sites for hydroxylation is 1. The Bertz CT molecular complexity index is 508. The Balaban J connectivity index is 2.57. The molecule has 0 fully saturated rings. The second kappa shape index (κ2) is 3.86. The van der Waals surface area contributed by atoms with Crippen LogP contribution in [0.3, 0.4) is 0 Å². The van der Waals surface area contributed by atoms with E-state index in [1.54, 1.807) is 11.7 Å². The van der Waals surface area contributed by atoms with E-state index in [2.05, 4.69) is 15.1 Å². The number of nitrogens with zero attached hydrogens (tertiary/aromatic N) is 5. The molecule has 0 amide bonds. The predicted octanol–water partition coefficient (Wildman–Crippen LogP) is 3.03. The highest BCUT2D eigenvalue weighted by molar-refractivity contribution is 5.72. The number of azide groups is 1. The molecule has 0 N–H and O–H groups in total. The lowest BCUT2D eigenvalue weighted by molar-refractivity contribution is 0.768. The van der Waals surface area contributed by atoms with Crippen LogP contribution in [0, 0.1) is 0 Å². The minimum Gasteiger partial charge on any atom is -0.275 e. The van der Waals surface area contributed by atoms with Crippen molar-refractivity contribution in [1.82, 2.24) is 9.78 Å². The van der Waals surface area contributed by atoms with Crippen molar-refractivity contribution < 1.29 is 0 Å². The number of benzene rings is 1. The van der Waals surface area contributed by atoms with Crippen molar-refractivity contribution in [3.05, 3.63) is 47.0 Å². The van der Waals surface area contributed by atoms with Crippen LogP contribution in [0.15, 0.2) is 41.6 Å². The van der Waals surface area contributed by atoms with Crippen LogP contribution < -0.4 is 0 Å². The largest absolute Gasteiger partial charge is 0.275 e.